The van der Waals surface area contributed by atoms with E-state index in [1.54, 1.807) is 31.4 Å². The number of ketones is 1. The first-order valence-corrected chi connectivity index (χ1v) is 15.1. The summed E-state index contributed by atoms with van der Waals surface area (Å²) in [5, 5.41) is 0.827. The first-order chi connectivity index (χ1) is 19.5. The van der Waals surface area contributed by atoms with E-state index < -0.39 is 12.1 Å². The maximum atomic E-state index is 12.7. The lowest BCUT2D eigenvalue weighted by atomic mass is 9.81. The predicted octanol–water partition coefficient (Wildman–Crippen LogP) is 7.77. The largest absolute Gasteiger partial charge is 0.492 e. The predicted molar refractivity (Wildman–Crippen MR) is 169 cm³/mol. The van der Waals surface area contributed by atoms with E-state index in [0.717, 1.165) is 24.1 Å². The minimum atomic E-state index is -0.540. The van der Waals surface area contributed by atoms with Gasteiger partial charge in [0.25, 0.3) is 0 Å². The zero-order chi connectivity index (χ0) is 30.2. The maximum Gasteiger partial charge on any atom is 0.166 e. The zero-order valence-electron chi connectivity index (χ0n) is 24.9. The zero-order valence-corrected chi connectivity index (χ0v) is 26.4. The van der Waals surface area contributed by atoms with E-state index in [4.69, 9.17) is 44.1 Å². The molecule has 1 fully saturated rings. The lowest BCUT2D eigenvalue weighted by molar-refractivity contribution is -0.121. The van der Waals surface area contributed by atoms with Crippen LogP contribution in [0.25, 0.3) is 0 Å². The number of hydrogen-bond acceptors (Lipinski definition) is 7. The van der Waals surface area contributed by atoms with Gasteiger partial charge in [0, 0.05) is 35.8 Å². The standard InChI is InChI=1S/C32H44Cl2N4O3/c1-6-9-25(37-5)22-17-28(31(36)38-19-22)41-20(2)29-23(33)12-13-27(30(29)34)40-15-14-32(3,4)18-24(35)26(39)16-21-10-7-8-11-21/h6,9,12-13,17,19-21,24H,7-8,10-11,14-16,18,35H2,1-5H3,(H2,36,38)/b9-6-,37-25?. The number of nitrogen functional groups attached to an aromatic ring is 1. The fourth-order valence-corrected chi connectivity index (χ4v) is 6.06. The average molecular weight is 604 g/mol. The highest BCUT2D eigenvalue weighted by atomic mass is 35.5. The molecule has 1 heterocycles. The van der Waals surface area contributed by atoms with E-state index in [9.17, 15) is 4.79 Å². The summed E-state index contributed by atoms with van der Waals surface area (Å²) in [5.74, 6) is 1.84. The molecule has 0 amide bonds. The number of ether oxygens (including phenoxy) is 2. The van der Waals surface area contributed by atoms with E-state index in [-0.39, 0.29) is 17.0 Å². The molecule has 0 radical (unpaired) electrons. The number of nitrogens with two attached hydrogens (primary N) is 2. The second kappa shape index (κ2) is 15.0. The third-order valence-electron chi connectivity index (χ3n) is 7.73. The molecule has 0 aliphatic heterocycles. The Morgan fingerprint density at radius 2 is 1.95 bits per heavy atom. The molecule has 1 aliphatic rings. The van der Waals surface area contributed by atoms with Crippen molar-refractivity contribution in [2.24, 2.45) is 22.1 Å². The highest BCUT2D eigenvalue weighted by molar-refractivity contribution is 6.37. The second-order valence-electron chi connectivity index (χ2n) is 11.6. The van der Waals surface area contributed by atoms with Crippen molar-refractivity contribution in [3.63, 3.8) is 0 Å². The Morgan fingerprint density at radius 3 is 2.61 bits per heavy atom. The smallest absolute Gasteiger partial charge is 0.166 e. The fourth-order valence-electron chi connectivity index (χ4n) is 5.33. The third kappa shape index (κ3) is 9.19. The molecule has 0 spiro atoms. The molecule has 41 heavy (non-hydrogen) atoms. The number of rotatable bonds is 14. The van der Waals surface area contributed by atoms with Crippen LogP contribution in [0.4, 0.5) is 5.82 Å². The van der Waals surface area contributed by atoms with Crippen LogP contribution >= 0.6 is 23.2 Å². The minimum Gasteiger partial charge on any atom is -0.492 e. The molecular formula is C32H44Cl2N4O3. The molecule has 224 valence electrons. The molecule has 2 atom stereocenters. The van der Waals surface area contributed by atoms with Crippen LogP contribution in [0.2, 0.25) is 10.0 Å². The molecule has 1 aromatic heterocycles. The number of carbonyl (C=O) groups excluding carboxylic acids is 1. The molecule has 1 aromatic carbocycles. The summed E-state index contributed by atoms with van der Waals surface area (Å²) in [6, 6.07) is 4.84. The van der Waals surface area contributed by atoms with Crippen LogP contribution in [0.1, 0.15) is 89.9 Å². The Labute approximate surface area is 254 Å². The number of Topliss-reactive ketones (excluding diaryl/α,β-unsaturated/α-hetero) is 1. The van der Waals surface area contributed by atoms with Crippen LogP contribution in [0.5, 0.6) is 11.5 Å². The van der Waals surface area contributed by atoms with Gasteiger partial charge in [0.1, 0.15) is 17.6 Å². The van der Waals surface area contributed by atoms with Gasteiger partial charge < -0.3 is 20.9 Å². The first kappa shape index (κ1) is 32.9. The van der Waals surface area contributed by atoms with Crippen LogP contribution in [-0.4, -0.2) is 36.2 Å². The van der Waals surface area contributed by atoms with E-state index in [1.165, 1.54) is 12.8 Å². The summed E-state index contributed by atoms with van der Waals surface area (Å²) in [6.07, 6.45) is 11.6. The lowest BCUT2D eigenvalue weighted by Gasteiger charge is -2.28. The van der Waals surface area contributed by atoms with Gasteiger partial charge in [-0.05, 0) is 62.3 Å². The molecule has 2 unspecified atom stereocenters. The van der Waals surface area contributed by atoms with E-state index in [0.29, 0.717) is 58.9 Å². The quantitative estimate of drug-likeness (QED) is 0.213. The van der Waals surface area contributed by atoms with Crippen LogP contribution in [0.15, 0.2) is 41.5 Å². The normalized spacial score (nSPS) is 16.2. The number of nitrogens with zero attached hydrogens (tertiary/aromatic N) is 2. The molecule has 1 aliphatic carbocycles. The van der Waals surface area contributed by atoms with Crippen molar-refractivity contribution in [1.82, 2.24) is 4.98 Å². The van der Waals surface area contributed by atoms with Gasteiger partial charge in [-0.15, -0.1) is 0 Å². The van der Waals surface area contributed by atoms with Crippen molar-refractivity contribution in [2.45, 2.75) is 84.8 Å². The number of aliphatic imine (C=N–C) groups is 1. The molecule has 7 nitrogen and oxygen atoms in total. The fraction of sp³-hybridized carbons (Fsp3) is 0.531. The summed E-state index contributed by atoms with van der Waals surface area (Å²) in [7, 11) is 1.71. The Morgan fingerprint density at radius 1 is 1.24 bits per heavy atom. The van der Waals surface area contributed by atoms with Crippen LogP contribution < -0.4 is 20.9 Å². The van der Waals surface area contributed by atoms with Crippen LogP contribution in [0, 0.1) is 11.3 Å². The number of anilines is 1. The number of hydrogen-bond donors (Lipinski definition) is 2. The summed E-state index contributed by atoms with van der Waals surface area (Å²) in [4.78, 5) is 21.3. The van der Waals surface area contributed by atoms with Crippen LogP contribution in [0.3, 0.4) is 0 Å². The summed E-state index contributed by atoms with van der Waals surface area (Å²) in [5.41, 5.74) is 14.4. The van der Waals surface area contributed by atoms with Gasteiger partial charge in [0.15, 0.2) is 11.6 Å². The van der Waals surface area contributed by atoms with Gasteiger partial charge in [0.05, 0.1) is 23.4 Å². The maximum absolute atomic E-state index is 12.7. The van der Waals surface area contributed by atoms with Gasteiger partial charge in [-0.1, -0.05) is 68.8 Å². The number of benzene rings is 1. The molecular weight excluding hydrogens is 559 g/mol. The number of aromatic nitrogens is 1. The van der Waals surface area contributed by atoms with Gasteiger partial charge >= 0.3 is 0 Å². The average Bonchev–Trinajstić information content (AvgIpc) is 3.42. The summed E-state index contributed by atoms with van der Waals surface area (Å²) < 4.78 is 12.3. The van der Waals surface area contributed by atoms with E-state index >= 15 is 0 Å². The van der Waals surface area contributed by atoms with Gasteiger partial charge in [0.2, 0.25) is 0 Å². The molecule has 2 aromatic rings. The third-order valence-corrected chi connectivity index (χ3v) is 8.45. The van der Waals surface area contributed by atoms with Crippen molar-refractivity contribution in [2.75, 3.05) is 19.4 Å². The van der Waals surface area contributed by atoms with Gasteiger partial charge in [-0.2, -0.15) is 0 Å². The van der Waals surface area contributed by atoms with Crippen molar-refractivity contribution in [1.29, 1.82) is 0 Å². The van der Waals surface area contributed by atoms with Crippen LogP contribution in [-0.2, 0) is 4.79 Å². The Balaban J connectivity index is 1.64. The SMILES string of the molecule is C/C=C\C(=NC)c1cnc(N)c(OC(C)c2c(Cl)ccc(OCCC(C)(C)CC(N)C(=O)CC3CCCC3)c2Cl)c1. The van der Waals surface area contributed by atoms with Gasteiger partial charge in [-0.25, -0.2) is 4.98 Å². The number of allylic oxidation sites excluding steroid dienone is 2. The van der Waals surface area contributed by atoms with Crippen molar-refractivity contribution in [3.05, 3.63) is 57.7 Å². The molecule has 4 N–H and O–H groups in total. The van der Waals surface area contributed by atoms with E-state index in [1.807, 2.05) is 26.0 Å². The number of pyridine rings is 1. The molecule has 1 saturated carbocycles. The van der Waals surface area contributed by atoms with Crippen molar-refractivity contribution >= 4 is 40.5 Å². The highest BCUT2D eigenvalue weighted by Crippen LogP contribution is 2.40. The molecule has 3 rings (SSSR count). The Kier molecular flexibility index (Phi) is 12.1. The number of carbonyl (C=O) groups is 1. The van der Waals surface area contributed by atoms with Crippen molar-refractivity contribution < 1.29 is 14.3 Å². The lowest BCUT2D eigenvalue weighted by Crippen LogP contribution is -2.36. The monoisotopic (exact) mass is 602 g/mol. The Hall–Kier alpha value is -2.61. The van der Waals surface area contributed by atoms with E-state index in [2.05, 4.69) is 23.8 Å². The Bertz CT molecular complexity index is 1260. The topological polar surface area (TPSA) is 113 Å². The highest BCUT2D eigenvalue weighted by Gasteiger charge is 2.28. The number of halogens is 2. The summed E-state index contributed by atoms with van der Waals surface area (Å²) >= 11 is 13.3. The second-order valence-corrected chi connectivity index (χ2v) is 12.4. The summed E-state index contributed by atoms with van der Waals surface area (Å²) in [6.45, 7) is 8.40. The van der Waals surface area contributed by atoms with Gasteiger partial charge in [-0.3, -0.25) is 9.79 Å². The minimum absolute atomic E-state index is 0.173. The molecule has 0 saturated heterocycles. The molecule has 0 bridgehead atoms. The van der Waals surface area contributed by atoms with Crippen molar-refractivity contribution in [3.8, 4) is 11.5 Å². The first-order valence-electron chi connectivity index (χ1n) is 14.4. The molecule has 9 heteroatoms.